The van der Waals surface area contributed by atoms with Gasteiger partial charge in [-0.15, -0.1) is 0 Å². The van der Waals surface area contributed by atoms with Gasteiger partial charge in [0, 0.05) is 12.6 Å². The van der Waals surface area contributed by atoms with Crippen molar-refractivity contribution in [1.82, 2.24) is 10.2 Å². The molecule has 102 valence electrons. The average Bonchev–Trinajstić information content (AvgIpc) is 2.77. The number of nitrogens with zero attached hydrogens (tertiary/aromatic N) is 1. The Hall–Kier alpha value is -0.900. The number of hydrogen-bond acceptors (Lipinski definition) is 3. The molecule has 0 aromatic rings. The molecule has 18 heavy (non-hydrogen) atoms. The van der Waals surface area contributed by atoms with Crippen molar-refractivity contribution < 1.29 is 9.59 Å². The summed E-state index contributed by atoms with van der Waals surface area (Å²) >= 11 is 0. The molecule has 2 aliphatic rings. The molecule has 4 nitrogen and oxygen atoms in total. The summed E-state index contributed by atoms with van der Waals surface area (Å²) < 4.78 is 0. The Labute approximate surface area is 109 Å². The Kier molecular flexibility index (Phi) is 3.49. The molecule has 3 unspecified atom stereocenters. The Bertz CT molecular complexity index is 335. The summed E-state index contributed by atoms with van der Waals surface area (Å²) in [6.45, 7) is 9.63. The molecule has 2 fully saturated rings. The van der Waals surface area contributed by atoms with Crippen LogP contribution in [0.15, 0.2) is 0 Å². The molecule has 1 aliphatic carbocycles. The van der Waals surface area contributed by atoms with Crippen LogP contribution in [0.4, 0.5) is 0 Å². The van der Waals surface area contributed by atoms with Crippen LogP contribution in [0, 0.1) is 17.3 Å². The first-order chi connectivity index (χ1) is 8.45. The third kappa shape index (κ3) is 1.96. The van der Waals surface area contributed by atoms with E-state index in [-0.39, 0.29) is 35.1 Å². The lowest BCUT2D eigenvalue weighted by molar-refractivity contribution is -0.143. The molecule has 2 amide bonds. The largest absolute Gasteiger partial charge is 0.312 e. The highest BCUT2D eigenvalue weighted by molar-refractivity contribution is 6.10. The molecule has 1 saturated heterocycles. The van der Waals surface area contributed by atoms with Crippen molar-refractivity contribution in [1.29, 1.82) is 0 Å². The van der Waals surface area contributed by atoms with E-state index in [1.54, 1.807) is 0 Å². The number of hydrogen-bond donors (Lipinski definition) is 1. The van der Waals surface area contributed by atoms with Crippen LogP contribution in [0.3, 0.4) is 0 Å². The number of carbonyl (C=O) groups is 2. The Morgan fingerprint density at radius 2 is 1.78 bits per heavy atom. The Morgan fingerprint density at radius 1 is 1.22 bits per heavy atom. The predicted octanol–water partition coefficient (Wildman–Crippen LogP) is 1.41. The number of likely N-dealkylation sites (tertiary alicyclic amines) is 1. The molecule has 0 aromatic carbocycles. The summed E-state index contributed by atoms with van der Waals surface area (Å²) in [6, 6.07) is 0.244. The molecule has 1 aliphatic heterocycles. The fourth-order valence-corrected chi connectivity index (χ4v) is 3.30. The summed E-state index contributed by atoms with van der Waals surface area (Å²) in [5.74, 6) is 0.00539. The molecule has 3 atom stereocenters. The van der Waals surface area contributed by atoms with Gasteiger partial charge < -0.3 is 5.32 Å². The lowest BCUT2D eigenvalue weighted by Gasteiger charge is -2.26. The van der Waals surface area contributed by atoms with Crippen LogP contribution in [0.5, 0.6) is 0 Å². The molecule has 0 radical (unpaired) electrons. The van der Waals surface area contributed by atoms with Gasteiger partial charge in [0.2, 0.25) is 11.8 Å². The number of imide groups is 1. The standard InChI is InChI=1S/C14H24N2O2/c1-5-7-9(15-6-2)8-16-12(17)10-11(13(16)18)14(10,3)4/h9-11,15H,5-8H2,1-4H3. The smallest absolute Gasteiger partial charge is 0.233 e. The molecule has 1 heterocycles. The van der Waals surface area contributed by atoms with Gasteiger partial charge in [-0.25, -0.2) is 0 Å². The quantitative estimate of drug-likeness (QED) is 0.727. The first-order valence-electron chi connectivity index (χ1n) is 7.03. The second-order valence-corrected chi connectivity index (χ2v) is 6.11. The van der Waals surface area contributed by atoms with Gasteiger partial charge in [-0.05, 0) is 18.4 Å². The first-order valence-corrected chi connectivity index (χ1v) is 7.03. The van der Waals surface area contributed by atoms with Crippen molar-refractivity contribution >= 4 is 11.8 Å². The molecular formula is C14H24N2O2. The van der Waals surface area contributed by atoms with Crippen LogP contribution in [0.1, 0.15) is 40.5 Å². The highest BCUT2D eigenvalue weighted by Crippen LogP contribution is 2.63. The molecule has 2 rings (SSSR count). The van der Waals surface area contributed by atoms with Crippen LogP contribution in [0.25, 0.3) is 0 Å². The number of amides is 2. The fourth-order valence-electron chi connectivity index (χ4n) is 3.30. The summed E-state index contributed by atoms with van der Waals surface area (Å²) in [6.07, 6.45) is 2.07. The van der Waals surface area contributed by atoms with Crippen LogP contribution >= 0.6 is 0 Å². The van der Waals surface area contributed by atoms with E-state index in [9.17, 15) is 9.59 Å². The molecular weight excluding hydrogens is 228 g/mol. The van der Waals surface area contributed by atoms with Gasteiger partial charge in [-0.2, -0.15) is 0 Å². The van der Waals surface area contributed by atoms with Crippen LogP contribution in [0.2, 0.25) is 0 Å². The lowest BCUT2D eigenvalue weighted by atomic mass is 10.0. The Morgan fingerprint density at radius 3 is 2.22 bits per heavy atom. The molecule has 0 spiro atoms. The summed E-state index contributed by atoms with van der Waals surface area (Å²) in [5.41, 5.74) is -0.0941. The highest BCUT2D eigenvalue weighted by atomic mass is 16.2. The number of fused-ring (bicyclic) bond motifs is 1. The molecule has 1 N–H and O–H groups in total. The number of nitrogens with one attached hydrogen (secondary N) is 1. The minimum absolute atomic E-state index is 0.0473. The summed E-state index contributed by atoms with van der Waals surface area (Å²) in [4.78, 5) is 25.9. The van der Waals surface area contributed by atoms with Crippen molar-refractivity contribution in [2.24, 2.45) is 17.3 Å². The maximum Gasteiger partial charge on any atom is 0.233 e. The van der Waals surface area contributed by atoms with Crippen molar-refractivity contribution in [2.75, 3.05) is 13.1 Å². The molecule has 0 bridgehead atoms. The van der Waals surface area contributed by atoms with Crippen LogP contribution in [-0.2, 0) is 9.59 Å². The Balaban J connectivity index is 1.99. The van der Waals surface area contributed by atoms with E-state index in [1.165, 1.54) is 4.90 Å². The number of piperidine rings is 1. The van der Waals surface area contributed by atoms with E-state index >= 15 is 0 Å². The van der Waals surface area contributed by atoms with Crippen LogP contribution < -0.4 is 5.32 Å². The monoisotopic (exact) mass is 252 g/mol. The minimum atomic E-state index is -0.0941. The summed E-state index contributed by atoms with van der Waals surface area (Å²) in [7, 11) is 0. The average molecular weight is 252 g/mol. The van der Waals surface area contributed by atoms with Gasteiger partial charge in [0.15, 0.2) is 0 Å². The van der Waals surface area contributed by atoms with E-state index in [0.29, 0.717) is 6.54 Å². The van der Waals surface area contributed by atoms with Crippen molar-refractivity contribution in [2.45, 2.75) is 46.6 Å². The van der Waals surface area contributed by atoms with Crippen molar-refractivity contribution in [3.8, 4) is 0 Å². The van der Waals surface area contributed by atoms with Gasteiger partial charge in [0.05, 0.1) is 11.8 Å². The maximum absolute atomic E-state index is 12.2. The third-order valence-electron chi connectivity index (χ3n) is 4.42. The third-order valence-corrected chi connectivity index (χ3v) is 4.42. The van der Waals surface area contributed by atoms with E-state index in [2.05, 4.69) is 19.2 Å². The van der Waals surface area contributed by atoms with E-state index < -0.39 is 0 Å². The van der Waals surface area contributed by atoms with E-state index in [0.717, 1.165) is 19.4 Å². The normalized spacial score (nSPS) is 30.6. The number of rotatable bonds is 6. The van der Waals surface area contributed by atoms with Crippen molar-refractivity contribution in [3.63, 3.8) is 0 Å². The van der Waals surface area contributed by atoms with Crippen molar-refractivity contribution in [3.05, 3.63) is 0 Å². The second kappa shape index (κ2) is 4.65. The van der Waals surface area contributed by atoms with Gasteiger partial charge in [0.1, 0.15) is 0 Å². The van der Waals surface area contributed by atoms with Gasteiger partial charge in [0.25, 0.3) is 0 Å². The molecule has 1 saturated carbocycles. The lowest BCUT2D eigenvalue weighted by Crippen LogP contribution is -2.46. The van der Waals surface area contributed by atoms with E-state index in [4.69, 9.17) is 0 Å². The van der Waals surface area contributed by atoms with Gasteiger partial charge >= 0.3 is 0 Å². The first kappa shape index (κ1) is 13.5. The predicted molar refractivity (Wildman–Crippen MR) is 69.9 cm³/mol. The SMILES string of the molecule is CCCC(CN1C(=O)C2C(C1=O)C2(C)C)NCC. The van der Waals surface area contributed by atoms with Crippen LogP contribution in [-0.4, -0.2) is 35.8 Å². The molecule has 4 heteroatoms. The van der Waals surface area contributed by atoms with E-state index in [1.807, 2.05) is 13.8 Å². The van der Waals surface area contributed by atoms with Gasteiger partial charge in [-0.3, -0.25) is 14.5 Å². The van der Waals surface area contributed by atoms with Gasteiger partial charge in [-0.1, -0.05) is 34.1 Å². The summed E-state index contributed by atoms with van der Waals surface area (Å²) in [5, 5.41) is 3.36. The minimum Gasteiger partial charge on any atom is -0.312 e. The highest BCUT2D eigenvalue weighted by Gasteiger charge is 2.72. The topological polar surface area (TPSA) is 49.4 Å². The fraction of sp³-hybridized carbons (Fsp3) is 0.857. The zero-order valence-corrected chi connectivity index (χ0v) is 11.8. The number of likely N-dealkylation sites (N-methyl/N-ethyl adjacent to an activating group) is 1. The zero-order valence-electron chi connectivity index (χ0n) is 11.8. The molecule has 0 aromatic heterocycles. The number of carbonyl (C=O) groups excluding carboxylic acids is 2. The zero-order chi connectivity index (χ0) is 13.5. The second-order valence-electron chi connectivity index (χ2n) is 6.11. The maximum atomic E-state index is 12.2.